The van der Waals surface area contributed by atoms with Gasteiger partial charge in [-0.2, -0.15) is 0 Å². The highest BCUT2D eigenvalue weighted by molar-refractivity contribution is 6.44. The Morgan fingerprint density at radius 3 is 2.90 bits per heavy atom. The second-order valence-corrected chi connectivity index (χ2v) is 2.11. The minimum absolute atomic E-state index is 0.306. The molecule has 0 aliphatic heterocycles. The van der Waals surface area contributed by atoms with Gasteiger partial charge in [-0.3, -0.25) is 0 Å². The average molecular weight is 153 g/mol. The van der Waals surface area contributed by atoms with Crippen molar-refractivity contribution >= 4 is 24.9 Å². The van der Waals surface area contributed by atoms with E-state index in [1.165, 1.54) is 6.20 Å². The van der Waals surface area contributed by atoms with Crippen LogP contribution in [0.15, 0.2) is 12.3 Å². The molecule has 4 heteroatoms. The van der Waals surface area contributed by atoms with Gasteiger partial charge >= 0.3 is 0 Å². The molecular weight excluding hydrogens is 148 g/mol. The molecule has 10 heavy (non-hydrogen) atoms. The number of rotatable bonds is 1. The number of hydrogen-bond acceptors (Lipinski definition) is 2. The topological polar surface area (TPSA) is 22.1 Å². The SMILES string of the molecule is [B]c1cc(OC)cnc1Cl. The fraction of sp³-hybridized carbons (Fsp3) is 0.167. The van der Waals surface area contributed by atoms with Gasteiger partial charge < -0.3 is 4.74 Å². The summed E-state index contributed by atoms with van der Waals surface area (Å²) in [6.07, 6.45) is 1.51. The second kappa shape index (κ2) is 2.93. The minimum atomic E-state index is 0.306. The predicted molar refractivity (Wildman–Crippen MR) is 41.2 cm³/mol. The third kappa shape index (κ3) is 1.42. The van der Waals surface area contributed by atoms with Gasteiger partial charge in [0.15, 0.2) is 0 Å². The van der Waals surface area contributed by atoms with Gasteiger partial charge in [0.2, 0.25) is 0 Å². The predicted octanol–water partition coefficient (Wildman–Crippen LogP) is 0.537. The van der Waals surface area contributed by atoms with Crippen molar-refractivity contribution in [3.05, 3.63) is 17.4 Å². The lowest BCUT2D eigenvalue weighted by molar-refractivity contribution is 0.413. The largest absolute Gasteiger partial charge is 0.495 e. The molecule has 0 saturated heterocycles. The highest BCUT2D eigenvalue weighted by Crippen LogP contribution is 2.07. The summed E-state index contributed by atoms with van der Waals surface area (Å²) in [5.74, 6) is 0.613. The summed E-state index contributed by atoms with van der Waals surface area (Å²) >= 11 is 5.55. The lowest BCUT2D eigenvalue weighted by atomic mass is 9.99. The molecule has 0 atom stereocenters. The van der Waals surface area contributed by atoms with Gasteiger partial charge in [-0.15, -0.1) is 0 Å². The number of halogens is 1. The van der Waals surface area contributed by atoms with E-state index in [0.717, 1.165) is 0 Å². The van der Waals surface area contributed by atoms with E-state index in [2.05, 4.69) is 4.98 Å². The van der Waals surface area contributed by atoms with Crippen molar-refractivity contribution in [1.29, 1.82) is 0 Å². The molecule has 1 aromatic heterocycles. The van der Waals surface area contributed by atoms with E-state index in [1.807, 2.05) is 0 Å². The quantitative estimate of drug-likeness (QED) is 0.434. The molecule has 0 aromatic carbocycles. The summed E-state index contributed by atoms with van der Waals surface area (Å²) in [6, 6.07) is 1.62. The summed E-state index contributed by atoms with van der Waals surface area (Å²) in [5, 5.41) is 0.306. The molecule has 0 bridgehead atoms. The second-order valence-electron chi connectivity index (χ2n) is 1.76. The maximum atomic E-state index is 5.55. The summed E-state index contributed by atoms with van der Waals surface area (Å²) < 4.78 is 4.85. The Morgan fingerprint density at radius 2 is 2.40 bits per heavy atom. The van der Waals surface area contributed by atoms with E-state index in [0.29, 0.717) is 16.4 Å². The molecular formula is C6H5BClNO. The molecule has 50 valence electrons. The zero-order chi connectivity index (χ0) is 7.56. The van der Waals surface area contributed by atoms with E-state index >= 15 is 0 Å². The molecule has 0 fully saturated rings. The Balaban J connectivity index is 3.04. The first kappa shape index (κ1) is 7.41. The minimum Gasteiger partial charge on any atom is -0.495 e. The van der Waals surface area contributed by atoms with Crippen LogP contribution in [0.25, 0.3) is 0 Å². The standard InChI is InChI=1S/C6H5BClNO/c1-10-4-2-5(7)6(8)9-3-4/h2-3H,1H3. The fourth-order valence-electron chi connectivity index (χ4n) is 0.557. The number of pyridine rings is 1. The van der Waals surface area contributed by atoms with Gasteiger partial charge in [0.1, 0.15) is 18.7 Å². The summed E-state index contributed by atoms with van der Waals surface area (Å²) in [4.78, 5) is 3.76. The molecule has 0 spiro atoms. The lowest BCUT2D eigenvalue weighted by Crippen LogP contribution is -2.05. The Bertz CT molecular complexity index is 241. The third-order valence-electron chi connectivity index (χ3n) is 1.08. The van der Waals surface area contributed by atoms with Crippen molar-refractivity contribution in [2.45, 2.75) is 0 Å². The van der Waals surface area contributed by atoms with Gasteiger partial charge in [0, 0.05) is 0 Å². The van der Waals surface area contributed by atoms with Crippen LogP contribution in [0.5, 0.6) is 5.75 Å². The maximum absolute atomic E-state index is 5.55. The van der Waals surface area contributed by atoms with Crippen LogP contribution in [0.3, 0.4) is 0 Å². The lowest BCUT2D eigenvalue weighted by Gasteiger charge is -2.00. The molecule has 1 aromatic rings. The molecule has 1 heterocycles. The van der Waals surface area contributed by atoms with Gasteiger partial charge in [-0.25, -0.2) is 4.98 Å². The molecule has 0 N–H and O–H groups in total. The molecule has 2 radical (unpaired) electrons. The van der Waals surface area contributed by atoms with Crippen LogP contribution in [0, 0.1) is 0 Å². The van der Waals surface area contributed by atoms with Crippen LogP contribution in [0.4, 0.5) is 0 Å². The molecule has 1 rings (SSSR count). The van der Waals surface area contributed by atoms with E-state index < -0.39 is 0 Å². The summed E-state index contributed by atoms with van der Waals surface area (Å²) in [6.45, 7) is 0. The van der Waals surface area contributed by atoms with E-state index in [-0.39, 0.29) is 0 Å². The summed E-state index contributed by atoms with van der Waals surface area (Å²) in [5.41, 5.74) is 0.431. The van der Waals surface area contributed by atoms with Crippen molar-refractivity contribution in [3.63, 3.8) is 0 Å². The first-order chi connectivity index (χ1) is 4.74. The Labute approximate surface area is 65.6 Å². The van der Waals surface area contributed by atoms with Gasteiger partial charge in [0.05, 0.1) is 13.3 Å². The monoisotopic (exact) mass is 153 g/mol. The number of nitrogens with zero attached hydrogens (tertiary/aromatic N) is 1. The summed E-state index contributed by atoms with van der Waals surface area (Å²) in [7, 11) is 6.97. The van der Waals surface area contributed by atoms with Crippen molar-refractivity contribution < 1.29 is 4.74 Å². The van der Waals surface area contributed by atoms with Crippen molar-refractivity contribution in [3.8, 4) is 5.75 Å². The molecule has 0 unspecified atom stereocenters. The highest BCUT2D eigenvalue weighted by atomic mass is 35.5. The van der Waals surface area contributed by atoms with Crippen LogP contribution in [-0.2, 0) is 0 Å². The van der Waals surface area contributed by atoms with Crippen LogP contribution in [0.1, 0.15) is 0 Å². The number of aromatic nitrogens is 1. The zero-order valence-electron chi connectivity index (χ0n) is 5.47. The molecule has 0 aliphatic rings. The Kier molecular flexibility index (Phi) is 2.17. The average Bonchev–Trinajstić information content (AvgIpc) is 1.95. The number of ether oxygens (including phenoxy) is 1. The number of methoxy groups -OCH3 is 1. The molecule has 0 aliphatic carbocycles. The zero-order valence-corrected chi connectivity index (χ0v) is 6.22. The normalized spacial score (nSPS) is 9.40. The molecule has 0 amide bonds. The third-order valence-corrected chi connectivity index (χ3v) is 1.39. The Hall–Kier alpha value is -0.695. The van der Waals surface area contributed by atoms with Crippen LogP contribution < -0.4 is 10.2 Å². The smallest absolute Gasteiger partial charge is 0.136 e. The van der Waals surface area contributed by atoms with E-state index in [4.69, 9.17) is 24.2 Å². The van der Waals surface area contributed by atoms with Gasteiger partial charge in [-0.1, -0.05) is 17.1 Å². The first-order valence-electron chi connectivity index (χ1n) is 2.69. The van der Waals surface area contributed by atoms with Gasteiger partial charge in [-0.05, 0) is 6.07 Å². The van der Waals surface area contributed by atoms with E-state index in [1.54, 1.807) is 13.2 Å². The van der Waals surface area contributed by atoms with Crippen molar-refractivity contribution in [1.82, 2.24) is 4.98 Å². The fourth-order valence-corrected chi connectivity index (χ4v) is 0.660. The molecule has 0 saturated carbocycles. The van der Waals surface area contributed by atoms with Crippen LogP contribution in [-0.4, -0.2) is 19.9 Å². The maximum Gasteiger partial charge on any atom is 0.136 e. The first-order valence-corrected chi connectivity index (χ1v) is 3.07. The highest BCUT2D eigenvalue weighted by Gasteiger charge is 1.96. The Morgan fingerprint density at radius 1 is 1.70 bits per heavy atom. The van der Waals surface area contributed by atoms with Crippen LogP contribution in [0.2, 0.25) is 5.15 Å². The van der Waals surface area contributed by atoms with Gasteiger partial charge in [0.25, 0.3) is 0 Å². The van der Waals surface area contributed by atoms with E-state index in [9.17, 15) is 0 Å². The van der Waals surface area contributed by atoms with Crippen molar-refractivity contribution in [2.75, 3.05) is 7.11 Å². The molecule has 2 nitrogen and oxygen atoms in total. The van der Waals surface area contributed by atoms with Crippen LogP contribution >= 0.6 is 11.6 Å². The number of hydrogen-bond donors (Lipinski definition) is 0. The van der Waals surface area contributed by atoms with Crippen molar-refractivity contribution in [2.24, 2.45) is 0 Å².